The zero-order valence-corrected chi connectivity index (χ0v) is 47.0. The average Bonchev–Trinajstić information content (AvgIpc) is 3.45. The van der Waals surface area contributed by atoms with E-state index in [0.29, 0.717) is 0 Å². The lowest BCUT2D eigenvalue weighted by Crippen LogP contribution is -2.42. The summed E-state index contributed by atoms with van der Waals surface area (Å²) in [7, 11) is 0. The van der Waals surface area contributed by atoms with Gasteiger partial charge >= 0.3 is 0 Å². The largest absolute Gasteiger partial charge is 0.310 e. The zero-order valence-electron chi connectivity index (χ0n) is 47.0. The van der Waals surface area contributed by atoms with Crippen LogP contribution in [0.3, 0.4) is 0 Å². The fraction of sp³-hybridized carbons (Fsp3) is 0.514. The van der Waals surface area contributed by atoms with E-state index in [4.69, 9.17) is 0 Å². The van der Waals surface area contributed by atoms with Gasteiger partial charge in [-0.3, -0.25) is 0 Å². The highest BCUT2D eigenvalue weighted by Gasteiger charge is 2.56. The van der Waals surface area contributed by atoms with Gasteiger partial charge in [0.05, 0.1) is 0 Å². The number of unbranched alkanes of at least 4 members (excludes halogenated alkanes) is 15. The second-order valence-corrected chi connectivity index (χ2v) is 24.1. The first kappa shape index (κ1) is 52.7. The molecule has 0 unspecified atom stereocenters. The third-order valence-corrected chi connectivity index (χ3v) is 18.7. The Morgan fingerprint density at radius 3 is 1.17 bits per heavy atom. The number of aryl methyl sites for hydroxylation is 6. The van der Waals surface area contributed by atoms with Crippen molar-refractivity contribution >= 4 is 60.2 Å². The number of hydrogen-bond acceptors (Lipinski definition) is 1. The minimum atomic E-state index is -0.00841. The van der Waals surface area contributed by atoms with Gasteiger partial charge in [0.1, 0.15) is 0 Å². The summed E-state index contributed by atoms with van der Waals surface area (Å²) in [4.78, 5) is 2.65. The second kappa shape index (κ2) is 22.7. The SMILES string of the molecule is CCCCCCCCc1c(C)c2cc(C)ccc2c2ccc(N(c3ccc4c(c3)C(C)(C)C(C)(C)C4(C)C)c3ccc4c(c3)c(CCCCCCCC)c(CCCCCCCC)c3cc(C)ccc34)cc12. The molecule has 71 heavy (non-hydrogen) atoms. The maximum Gasteiger partial charge on any atom is 0.0468 e. The van der Waals surface area contributed by atoms with Crippen molar-refractivity contribution in [3.63, 3.8) is 0 Å². The molecule has 1 aliphatic rings. The zero-order chi connectivity index (χ0) is 50.5. The molecule has 0 aliphatic heterocycles. The van der Waals surface area contributed by atoms with Crippen LogP contribution >= 0.6 is 0 Å². The Bertz CT molecular complexity index is 2950. The molecule has 8 rings (SSSR count). The van der Waals surface area contributed by atoms with E-state index in [9.17, 15) is 0 Å². The Balaban J connectivity index is 1.35. The highest BCUT2D eigenvalue weighted by atomic mass is 15.1. The van der Waals surface area contributed by atoms with Gasteiger partial charge in [0.25, 0.3) is 0 Å². The smallest absolute Gasteiger partial charge is 0.0468 e. The number of anilines is 3. The molecule has 7 aromatic carbocycles. The molecule has 0 bridgehead atoms. The maximum atomic E-state index is 2.65. The quantitative estimate of drug-likeness (QED) is 0.0431. The van der Waals surface area contributed by atoms with Crippen molar-refractivity contribution in [2.24, 2.45) is 5.41 Å². The lowest BCUT2D eigenvalue weighted by molar-refractivity contribution is 0.125. The van der Waals surface area contributed by atoms with Crippen LogP contribution in [0.5, 0.6) is 0 Å². The molecule has 1 aliphatic carbocycles. The van der Waals surface area contributed by atoms with E-state index in [2.05, 4.69) is 179 Å². The minimum Gasteiger partial charge on any atom is -0.310 e. The van der Waals surface area contributed by atoms with Crippen molar-refractivity contribution in [3.05, 3.63) is 136 Å². The molecule has 0 heterocycles. The van der Waals surface area contributed by atoms with Crippen molar-refractivity contribution in [1.82, 2.24) is 0 Å². The predicted molar refractivity (Wildman–Crippen MR) is 316 cm³/mol. The van der Waals surface area contributed by atoms with Gasteiger partial charge in [-0.15, -0.1) is 0 Å². The Labute approximate surface area is 432 Å². The lowest BCUT2D eigenvalue weighted by atomic mass is 9.59. The predicted octanol–water partition coefficient (Wildman–Crippen LogP) is 22.0. The number of rotatable bonds is 24. The first-order valence-corrected chi connectivity index (χ1v) is 29.0. The molecule has 1 nitrogen and oxygen atoms in total. The van der Waals surface area contributed by atoms with E-state index < -0.39 is 0 Å². The van der Waals surface area contributed by atoms with Crippen molar-refractivity contribution in [2.75, 3.05) is 4.90 Å². The average molecular weight is 949 g/mol. The number of benzene rings is 7. The molecule has 1 heteroatoms. The van der Waals surface area contributed by atoms with E-state index in [-0.39, 0.29) is 16.2 Å². The van der Waals surface area contributed by atoms with Crippen LogP contribution < -0.4 is 4.90 Å². The summed E-state index contributed by atoms with van der Waals surface area (Å²) in [5.41, 5.74) is 15.8. The Kier molecular flexibility index (Phi) is 16.8. The van der Waals surface area contributed by atoms with Crippen molar-refractivity contribution in [2.45, 2.75) is 229 Å². The fourth-order valence-electron chi connectivity index (χ4n) is 13.1. The molecular weight excluding hydrogens is 855 g/mol. The third kappa shape index (κ3) is 10.5. The highest BCUT2D eigenvalue weighted by Crippen LogP contribution is 2.62. The molecule has 0 radical (unpaired) electrons. The summed E-state index contributed by atoms with van der Waals surface area (Å²) in [6.07, 6.45) is 27.1. The van der Waals surface area contributed by atoms with Gasteiger partial charge in [0.15, 0.2) is 0 Å². The molecule has 0 spiro atoms. The standard InChI is InChI=1S/C70H93N/c1-13-16-19-22-25-28-31-55-51(6)62-44-49(4)34-39-58(62)60-41-36-52(46-64(55)60)71(54-38-43-66-67(48-54)69(9,10)70(11,12)68(66,7)8)53-37-42-61-59-40-35-50(5)45-63(59)56(32-29-26-23-20-17-14-2)57(65(61)47-53)33-30-27-24-21-18-15-3/h34-48H,13-33H2,1-12H3. The van der Waals surface area contributed by atoms with Crippen LogP contribution in [0.25, 0.3) is 43.1 Å². The molecule has 7 aromatic rings. The van der Waals surface area contributed by atoms with E-state index in [1.807, 2.05) is 0 Å². The van der Waals surface area contributed by atoms with Gasteiger partial charge in [0, 0.05) is 17.1 Å². The molecule has 0 N–H and O–H groups in total. The van der Waals surface area contributed by atoms with Crippen LogP contribution in [-0.2, 0) is 30.1 Å². The van der Waals surface area contributed by atoms with Crippen LogP contribution in [0.2, 0.25) is 0 Å². The van der Waals surface area contributed by atoms with E-state index in [1.54, 1.807) is 11.1 Å². The molecule has 0 saturated heterocycles. The number of nitrogens with zero attached hydrogens (tertiary/aromatic N) is 1. The monoisotopic (exact) mass is 948 g/mol. The van der Waals surface area contributed by atoms with Gasteiger partial charge in [-0.05, 0) is 188 Å². The second-order valence-electron chi connectivity index (χ2n) is 24.1. The minimum absolute atomic E-state index is 0.00841. The van der Waals surface area contributed by atoms with Crippen LogP contribution in [-0.4, -0.2) is 0 Å². The molecule has 0 atom stereocenters. The van der Waals surface area contributed by atoms with Gasteiger partial charge in [-0.2, -0.15) is 0 Å². The van der Waals surface area contributed by atoms with Gasteiger partial charge < -0.3 is 4.90 Å². The Morgan fingerprint density at radius 1 is 0.324 bits per heavy atom. The van der Waals surface area contributed by atoms with Crippen LogP contribution in [0, 0.1) is 26.2 Å². The molecular formula is C70H93N. The summed E-state index contributed by atoms with van der Waals surface area (Å²) in [6, 6.07) is 37.1. The molecule has 0 amide bonds. The highest BCUT2D eigenvalue weighted by molar-refractivity contribution is 6.13. The van der Waals surface area contributed by atoms with Crippen molar-refractivity contribution < 1.29 is 0 Å². The van der Waals surface area contributed by atoms with E-state index in [1.165, 1.54) is 209 Å². The van der Waals surface area contributed by atoms with Crippen LogP contribution in [0.1, 0.15) is 222 Å². The summed E-state index contributed by atoms with van der Waals surface area (Å²) in [5.74, 6) is 0. The van der Waals surface area contributed by atoms with Crippen molar-refractivity contribution in [3.8, 4) is 0 Å². The van der Waals surface area contributed by atoms with E-state index >= 15 is 0 Å². The summed E-state index contributed by atoms with van der Waals surface area (Å²) < 4.78 is 0. The first-order valence-electron chi connectivity index (χ1n) is 29.0. The molecule has 378 valence electrons. The molecule has 0 fully saturated rings. The number of hydrogen-bond donors (Lipinski definition) is 0. The van der Waals surface area contributed by atoms with Gasteiger partial charge in [-0.25, -0.2) is 0 Å². The Hall–Kier alpha value is -4.62. The van der Waals surface area contributed by atoms with Gasteiger partial charge in [-0.1, -0.05) is 224 Å². The third-order valence-electron chi connectivity index (χ3n) is 18.7. The lowest BCUT2D eigenvalue weighted by Gasteiger charge is -2.44. The molecule has 0 aromatic heterocycles. The van der Waals surface area contributed by atoms with Crippen molar-refractivity contribution in [1.29, 1.82) is 0 Å². The van der Waals surface area contributed by atoms with E-state index in [0.717, 1.165) is 19.3 Å². The first-order chi connectivity index (χ1) is 34.2. The summed E-state index contributed by atoms with van der Waals surface area (Å²) in [6.45, 7) is 28.9. The topological polar surface area (TPSA) is 3.24 Å². The molecule has 0 saturated carbocycles. The Morgan fingerprint density at radius 2 is 0.676 bits per heavy atom. The maximum absolute atomic E-state index is 2.65. The number of fused-ring (bicyclic) bond motifs is 7. The van der Waals surface area contributed by atoms with Crippen LogP contribution in [0.15, 0.2) is 91.0 Å². The van der Waals surface area contributed by atoms with Gasteiger partial charge in [0.2, 0.25) is 0 Å². The fourth-order valence-corrected chi connectivity index (χ4v) is 13.1. The normalized spacial score (nSPS) is 14.9. The summed E-state index contributed by atoms with van der Waals surface area (Å²) >= 11 is 0. The summed E-state index contributed by atoms with van der Waals surface area (Å²) in [5, 5.41) is 11.4. The van der Waals surface area contributed by atoms with Crippen LogP contribution in [0.4, 0.5) is 17.1 Å².